The lowest BCUT2D eigenvalue weighted by atomic mass is 9.99. The molecule has 0 saturated heterocycles. The van der Waals surface area contributed by atoms with Gasteiger partial charge in [0.1, 0.15) is 19.1 Å². The molecule has 1 aliphatic heterocycles. The summed E-state index contributed by atoms with van der Waals surface area (Å²) in [5.41, 5.74) is 5.66. The van der Waals surface area contributed by atoms with Crippen LogP contribution in [0.3, 0.4) is 0 Å². The highest BCUT2D eigenvalue weighted by molar-refractivity contribution is 5.87. The number of hydrogen-bond acceptors (Lipinski definition) is 5. The van der Waals surface area contributed by atoms with Gasteiger partial charge in [-0.25, -0.2) is 0 Å². The Hall–Kier alpha value is -3.74. The first kappa shape index (κ1) is 19.9. The summed E-state index contributed by atoms with van der Waals surface area (Å²) < 4.78 is 8.15. The van der Waals surface area contributed by atoms with Crippen molar-refractivity contribution in [1.82, 2.24) is 19.9 Å². The van der Waals surface area contributed by atoms with Gasteiger partial charge in [0.25, 0.3) is 0 Å². The number of nitrogens with one attached hydrogen (secondary N) is 1. The van der Waals surface area contributed by atoms with Crippen LogP contribution in [0.2, 0.25) is 0 Å². The first-order chi connectivity index (χ1) is 16.3. The molecule has 0 saturated carbocycles. The van der Waals surface area contributed by atoms with Crippen molar-refractivity contribution in [2.24, 2.45) is 0 Å². The van der Waals surface area contributed by atoms with Crippen LogP contribution in [0, 0.1) is 0 Å². The van der Waals surface area contributed by atoms with Gasteiger partial charge >= 0.3 is 0 Å². The van der Waals surface area contributed by atoms with Gasteiger partial charge in [0.2, 0.25) is 0 Å². The third-order valence-corrected chi connectivity index (χ3v) is 6.48. The first-order valence-electron chi connectivity index (χ1n) is 11.2. The predicted molar refractivity (Wildman–Crippen MR) is 129 cm³/mol. The molecule has 6 heteroatoms. The van der Waals surface area contributed by atoms with Crippen molar-refractivity contribution in [2.45, 2.75) is 25.7 Å². The Bertz CT molecular complexity index is 1460. The number of rotatable bonds is 5. The minimum absolute atomic E-state index is 0.0115. The largest absolute Gasteiger partial charge is 0.490 e. The maximum Gasteiger partial charge on any atom is 0.138 e. The van der Waals surface area contributed by atoms with E-state index in [2.05, 4.69) is 51.7 Å². The molecule has 6 nitrogen and oxygen atoms in total. The van der Waals surface area contributed by atoms with Gasteiger partial charge < -0.3 is 19.7 Å². The molecule has 4 heterocycles. The number of pyridine rings is 2. The van der Waals surface area contributed by atoms with Crippen LogP contribution in [-0.4, -0.2) is 32.3 Å². The van der Waals surface area contributed by atoms with Crippen LogP contribution in [0.25, 0.3) is 32.8 Å². The van der Waals surface area contributed by atoms with Gasteiger partial charge in [0.05, 0.1) is 11.7 Å². The van der Waals surface area contributed by atoms with E-state index in [0.29, 0.717) is 13.2 Å². The van der Waals surface area contributed by atoms with E-state index in [1.54, 1.807) is 6.20 Å². The van der Waals surface area contributed by atoms with Crippen LogP contribution in [0.1, 0.15) is 11.3 Å². The second-order valence-electron chi connectivity index (χ2n) is 8.45. The molecule has 0 aliphatic carbocycles. The molecule has 6 rings (SSSR count). The zero-order valence-electron chi connectivity index (χ0n) is 18.1. The fourth-order valence-corrected chi connectivity index (χ4v) is 4.81. The van der Waals surface area contributed by atoms with Gasteiger partial charge in [-0.3, -0.25) is 9.97 Å². The molecule has 0 radical (unpaired) electrons. The van der Waals surface area contributed by atoms with Gasteiger partial charge in [-0.15, -0.1) is 0 Å². The van der Waals surface area contributed by atoms with Gasteiger partial charge in [-0.1, -0.05) is 30.3 Å². The molecule has 164 valence electrons. The monoisotopic (exact) mass is 436 g/mol. The van der Waals surface area contributed by atoms with Crippen molar-refractivity contribution in [3.05, 3.63) is 90.6 Å². The van der Waals surface area contributed by atoms with E-state index in [-0.39, 0.29) is 12.8 Å². The normalized spacial score (nSPS) is 15.6. The zero-order chi connectivity index (χ0) is 22.2. The SMILES string of the molecule is OCn1c2c(c3ccccc31)C[C@@H](COc1cncc(-c3ccc4cnccc4c3)c1)NC2. The number of aliphatic hydroxyl groups is 1. The Labute approximate surface area is 191 Å². The number of para-hydroxylation sites is 1. The minimum atomic E-state index is -0.0115. The van der Waals surface area contributed by atoms with E-state index >= 15 is 0 Å². The molecule has 5 aromatic rings. The molecular formula is C27H24N4O2. The number of fused-ring (bicyclic) bond motifs is 4. The molecule has 1 aliphatic rings. The van der Waals surface area contributed by atoms with Gasteiger partial charge in [0, 0.05) is 53.2 Å². The van der Waals surface area contributed by atoms with Crippen LogP contribution in [0.5, 0.6) is 5.75 Å². The van der Waals surface area contributed by atoms with Gasteiger partial charge in [-0.2, -0.15) is 0 Å². The second kappa shape index (κ2) is 8.31. The summed E-state index contributed by atoms with van der Waals surface area (Å²) in [5, 5.41) is 16.9. The van der Waals surface area contributed by atoms with Crippen LogP contribution < -0.4 is 10.1 Å². The fraction of sp³-hybridized carbons (Fsp3) is 0.185. The van der Waals surface area contributed by atoms with Gasteiger partial charge in [-0.05, 0) is 47.2 Å². The molecule has 33 heavy (non-hydrogen) atoms. The maximum atomic E-state index is 9.88. The summed E-state index contributed by atoms with van der Waals surface area (Å²) in [4.78, 5) is 8.59. The van der Waals surface area contributed by atoms with Crippen molar-refractivity contribution in [2.75, 3.05) is 6.61 Å². The lowest BCUT2D eigenvalue weighted by molar-refractivity contribution is 0.206. The van der Waals surface area contributed by atoms with E-state index in [0.717, 1.165) is 45.3 Å². The quantitative estimate of drug-likeness (QED) is 0.430. The Balaban J connectivity index is 1.20. The molecule has 0 unspecified atom stereocenters. The van der Waals surface area contributed by atoms with E-state index in [9.17, 15) is 5.11 Å². The number of nitrogens with zero attached hydrogens (tertiary/aromatic N) is 3. The number of aromatic nitrogens is 3. The minimum Gasteiger partial charge on any atom is -0.490 e. The summed E-state index contributed by atoms with van der Waals surface area (Å²) in [6.07, 6.45) is 8.17. The molecule has 0 amide bonds. The predicted octanol–water partition coefficient (Wildman–Crippen LogP) is 4.29. The molecule has 0 spiro atoms. The standard InChI is InChI=1S/C27H24N4O2/c32-17-31-26-4-2-1-3-24(26)25-11-22(30-15-27(25)31)16-33-23-10-21(13-29-14-23)18-5-6-20-12-28-8-7-19(20)9-18/h1-10,12-14,22,30,32H,11,15-17H2/t22-/m0/s1. The Kier molecular flexibility index (Phi) is 5.02. The molecule has 2 N–H and O–H groups in total. The third kappa shape index (κ3) is 3.63. The topological polar surface area (TPSA) is 72.2 Å². The van der Waals surface area contributed by atoms with Gasteiger partial charge in [0.15, 0.2) is 0 Å². The van der Waals surface area contributed by atoms with Crippen molar-refractivity contribution >= 4 is 21.7 Å². The number of ether oxygens (including phenoxy) is 1. The average molecular weight is 437 g/mol. The van der Waals surface area contributed by atoms with Crippen LogP contribution in [0.15, 0.2) is 79.4 Å². The lowest BCUT2D eigenvalue weighted by Crippen LogP contribution is -2.40. The Morgan fingerprint density at radius 1 is 0.970 bits per heavy atom. The molecule has 3 aromatic heterocycles. The molecular weight excluding hydrogens is 412 g/mol. The Morgan fingerprint density at radius 2 is 1.91 bits per heavy atom. The average Bonchev–Trinajstić information content (AvgIpc) is 3.20. The number of hydrogen-bond donors (Lipinski definition) is 2. The lowest BCUT2D eigenvalue weighted by Gasteiger charge is -2.25. The van der Waals surface area contributed by atoms with E-state index in [1.165, 1.54) is 10.9 Å². The second-order valence-corrected chi connectivity index (χ2v) is 8.45. The van der Waals surface area contributed by atoms with E-state index in [1.807, 2.05) is 41.4 Å². The zero-order valence-corrected chi connectivity index (χ0v) is 18.1. The van der Waals surface area contributed by atoms with Crippen LogP contribution >= 0.6 is 0 Å². The summed E-state index contributed by atoms with van der Waals surface area (Å²) in [7, 11) is 0. The molecule has 0 fully saturated rings. The third-order valence-electron chi connectivity index (χ3n) is 6.48. The molecule has 2 aromatic carbocycles. The smallest absolute Gasteiger partial charge is 0.138 e. The maximum absolute atomic E-state index is 9.88. The highest BCUT2D eigenvalue weighted by atomic mass is 16.5. The highest BCUT2D eigenvalue weighted by Gasteiger charge is 2.25. The summed E-state index contributed by atoms with van der Waals surface area (Å²) >= 11 is 0. The summed E-state index contributed by atoms with van der Waals surface area (Å²) in [6, 6.07) is 18.8. The summed E-state index contributed by atoms with van der Waals surface area (Å²) in [5.74, 6) is 0.757. The van der Waals surface area contributed by atoms with Crippen molar-refractivity contribution in [3.63, 3.8) is 0 Å². The summed E-state index contributed by atoms with van der Waals surface area (Å²) in [6.45, 7) is 1.25. The fourth-order valence-electron chi connectivity index (χ4n) is 4.81. The van der Waals surface area contributed by atoms with Crippen LogP contribution in [-0.2, 0) is 19.7 Å². The Morgan fingerprint density at radius 3 is 2.85 bits per heavy atom. The number of benzene rings is 2. The highest BCUT2D eigenvalue weighted by Crippen LogP contribution is 2.30. The van der Waals surface area contributed by atoms with E-state index < -0.39 is 0 Å². The molecule has 0 bridgehead atoms. The molecule has 1 atom stereocenters. The number of aliphatic hydroxyl groups excluding tert-OH is 1. The van der Waals surface area contributed by atoms with Crippen molar-refractivity contribution < 1.29 is 9.84 Å². The first-order valence-corrected chi connectivity index (χ1v) is 11.2. The van der Waals surface area contributed by atoms with Crippen molar-refractivity contribution in [3.8, 4) is 16.9 Å². The van der Waals surface area contributed by atoms with Crippen molar-refractivity contribution in [1.29, 1.82) is 0 Å². The van der Waals surface area contributed by atoms with Crippen LogP contribution in [0.4, 0.5) is 0 Å². The van der Waals surface area contributed by atoms with E-state index in [4.69, 9.17) is 4.74 Å².